The lowest BCUT2D eigenvalue weighted by molar-refractivity contribution is 0.405. The van der Waals surface area contributed by atoms with Crippen molar-refractivity contribution in [2.24, 2.45) is 5.92 Å². The van der Waals surface area contributed by atoms with Crippen molar-refractivity contribution in [3.8, 4) is 11.5 Å². The van der Waals surface area contributed by atoms with Crippen molar-refractivity contribution >= 4 is 39.5 Å². The number of ether oxygens (including phenoxy) is 2. The van der Waals surface area contributed by atoms with Crippen LogP contribution in [0.25, 0.3) is 0 Å². The van der Waals surface area contributed by atoms with Crippen LogP contribution in [-0.4, -0.2) is 24.3 Å². The molecular weight excluding hydrogens is 342 g/mol. The molecule has 0 aliphatic heterocycles. The molecular formula is C17H21N3O2S2. The van der Waals surface area contributed by atoms with Crippen LogP contribution in [0, 0.1) is 5.92 Å². The van der Waals surface area contributed by atoms with Crippen LogP contribution >= 0.6 is 23.6 Å². The average molecular weight is 364 g/mol. The van der Waals surface area contributed by atoms with Gasteiger partial charge >= 0.3 is 0 Å². The third-order valence-electron chi connectivity index (χ3n) is 4.06. The normalized spacial score (nSPS) is 16.2. The number of thiazole rings is 1. The highest BCUT2D eigenvalue weighted by Gasteiger charge is 2.20. The Balaban J connectivity index is 1.70. The summed E-state index contributed by atoms with van der Waals surface area (Å²) < 4.78 is 10.6. The average Bonchev–Trinajstić information content (AvgIpc) is 2.95. The second-order valence-corrected chi connectivity index (χ2v) is 7.37. The van der Waals surface area contributed by atoms with Gasteiger partial charge in [-0.05, 0) is 49.5 Å². The molecule has 0 bridgehead atoms. The van der Waals surface area contributed by atoms with E-state index in [9.17, 15) is 0 Å². The van der Waals surface area contributed by atoms with Gasteiger partial charge in [-0.1, -0.05) is 6.92 Å². The van der Waals surface area contributed by atoms with Crippen LogP contribution in [-0.2, 0) is 12.8 Å². The predicted molar refractivity (Wildman–Crippen MR) is 103 cm³/mol. The lowest BCUT2D eigenvalue weighted by Crippen LogP contribution is -2.19. The van der Waals surface area contributed by atoms with Crippen molar-refractivity contribution in [3.05, 3.63) is 28.8 Å². The van der Waals surface area contributed by atoms with E-state index in [2.05, 4.69) is 22.5 Å². The molecule has 0 saturated carbocycles. The van der Waals surface area contributed by atoms with Crippen LogP contribution in [0.3, 0.4) is 0 Å². The monoisotopic (exact) mass is 363 g/mol. The molecule has 3 rings (SSSR count). The van der Waals surface area contributed by atoms with Crippen LogP contribution in [0.15, 0.2) is 18.2 Å². The molecule has 1 aliphatic rings. The topological polar surface area (TPSA) is 55.4 Å². The van der Waals surface area contributed by atoms with Crippen LogP contribution in [0.1, 0.15) is 23.9 Å². The van der Waals surface area contributed by atoms with Gasteiger partial charge in [-0.3, -0.25) is 0 Å². The summed E-state index contributed by atoms with van der Waals surface area (Å²) in [5.41, 5.74) is 1.96. The Morgan fingerprint density at radius 3 is 2.88 bits per heavy atom. The number of anilines is 2. The fraction of sp³-hybridized carbons (Fsp3) is 0.412. The van der Waals surface area contributed by atoms with Gasteiger partial charge in [0, 0.05) is 10.9 Å². The maximum Gasteiger partial charge on any atom is 0.189 e. The van der Waals surface area contributed by atoms with Crippen molar-refractivity contribution in [1.82, 2.24) is 4.98 Å². The van der Waals surface area contributed by atoms with Crippen molar-refractivity contribution in [1.29, 1.82) is 0 Å². The minimum Gasteiger partial charge on any atom is -0.497 e. The Bertz CT molecular complexity index is 745. The number of nitrogens with zero attached hydrogens (tertiary/aromatic N) is 1. The highest BCUT2D eigenvalue weighted by molar-refractivity contribution is 7.80. The highest BCUT2D eigenvalue weighted by atomic mass is 32.1. The Morgan fingerprint density at radius 2 is 2.12 bits per heavy atom. The second kappa shape index (κ2) is 7.36. The molecule has 5 nitrogen and oxygen atoms in total. The number of benzene rings is 1. The van der Waals surface area contributed by atoms with Gasteiger partial charge in [-0.25, -0.2) is 4.98 Å². The van der Waals surface area contributed by atoms with Gasteiger partial charge in [0.1, 0.15) is 11.5 Å². The number of nitrogens with one attached hydrogen (secondary N) is 2. The molecule has 0 amide bonds. The molecule has 1 unspecified atom stereocenters. The van der Waals surface area contributed by atoms with E-state index in [1.807, 2.05) is 18.2 Å². The largest absolute Gasteiger partial charge is 0.497 e. The third kappa shape index (κ3) is 3.79. The van der Waals surface area contributed by atoms with Crippen molar-refractivity contribution < 1.29 is 9.47 Å². The summed E-state index contributed by atoms with van der Waals surface area (Å²) in [7, 11) is 3.25. The van der Waals surface area contributed by atoms with E-state index in [0.717, 1.165) is 35.3 Å². The summed E-state index contributed by atoms with van der Waals surface area (Å²) in [6.07, 6.45) is 3.37. The van der Waals surface area contributed by atoms with E-state index in [1.54, 1.807) is 25.6 Å². The first kappa shape index (κ1) is 17.0. The summed E-state index contributed by atoms with van der Waals surface area (Å²) in [5, 5.41) is 7.67. The van der Waals surface area contributed by atoms with E-state index in [4.69, 9.17) is 21.7 Å². The van der Waals surface area contributed by atoms with Crippen LogP contribution < -0.4 is 20.1 Å². The van der Waals surface area contributed by atoms with Gasteiger partial charge in [0.25, 0.3) is 0 Å². The van der Waals surface area contributed by atoms with Gasteiger partial charge in [-0.2, -0.15) is 0 Å². The molecule has 1 heterocycles. The van der Waals surface area contributed by atoms with Crippen molar-refractivity contribution in [2.75, 3.05) is 24.9 Å². The van der Waals surface area contributed by atoms with Crippen LogP contribution in [0.4, 0.5) is 10.8 Å². The molecule has 2 N–H and O–H groups in total. The summed E-state index contributed by atoms with van der Waals surface area (Å²) in [6, 6.07) is 5.53. The molecule has 1 aromatic heterocycles. The lowest BCUT2D eigenvalue weighted by Gasteiger charge is -2.15. The predicted octanol–water partition coefficient (Wildman–Crippen LogP) is 4.09. The number of hydrogen-bond acceptors (Lipinski definition) is 5. The molecule has 1 atom stereocenters. The quantitative estimate of drug-likeness (QED) is 0.798. The smallest absolute Gasteiger partial charge is 0.189 e. The zero-order chi connectivity index (χ0) is 17.1. The van der Waals surface area contributed by atoms with E-state index in [1.165, 1.54) is 17.0 Å². The van der Waals surface area contributed by atoms with Gasteiger partial charge in [0.05, 0.1) is 25.6 Å². The Labute approximate surface area is 151 Å². The van der Waals surface area contributed by atoms with E-state index >= 15 is 0 Å². The fourth-order valence-corrected chi connectivity index (χ4v) is 4.20. The maximum absolute atomic E-state index is 5.42. The second-order valence-electron chi connectivity index (χ2n) is 5.88. The molecule has 1 aliphatic carbocycles. The van der Waals surface area contributed by atoms with Gasteiger partial charge in [0.2, 0.25) is 0 Å². The minimum atomic E-state index is 0.487. The first-order valence-electron chi connectivity index (χ1n) is 7.87. The summed E-state index contributed by atoms with van der Waals surface area (Å²) in [5.74, 6) is 2.17. The first-order valence-corrected chi connectivity index (χ1v) is 9.10. The molecule has 0 saturated heterocycles. The number of rotatable bonds is 4. The number of aryl methyl sites for hydroxylation is 1. The number of thiocarbonyl (C=S) groups is 1. The van der Waals surface area contributed by atoms with Crippen LogP contribution in [0.5, 0.6) is 11.5 Å². The Morgan fingerprint density at radius 1 is 1.29 bits per heavy atom. The SMILES string of the molecule is COc1ccc(OC)c(NC(=S)Nc2nc3c(s2)CC(C)CC3)c1. The number of hydrogen-bond donors (Lipinski definition) is 2. The maximum atomic E-state index is 5.42. The zero-order valence-corrected chi connectivity index (χ0v) is 15.6. The van der Waals surface area contributed by atoms with Crippen molar-refractivity contribution in [2.45, 2.75) is 26.2 Å². The molecule has 128 valence electrons. The molecule has 0 spiro atoms. The lowest BCUT2D eigenvalue weighted by atomic mass is 9.93. The molecule has 7 heteroatoms. The van der Waals surface area contributed by atoms with Gasteiger partial charge in [0.15, 0.2) is 10.2 Å². The fourth-order valence-electron chi connectivity index (χ4n) is 2.76. The van der Waals surface area contributed by atoms with E-state index in [0.29, 0.717) is 10.9 Å². The summed E-state index contributed by atoms with van der Waals surface area (Å²) in [6.45, 7) is 2.29. The number of aromatic nitrogens is 1. The minimum absolute atomic E-state index is 0.487. The number of methoxy groups -OCH3 is 2. The standard InChI is InChI=1S/C17H21N3O2S2/c1-10-4-6-12-15(8-10)24-17(19-12)20-16(23)18-13-9-11(21-2)5-7-14(13)22-3/h5,7,9-10H,4,6,8H2,1-3H3,(H2,18,19,20,23). The number of fused-ring (bicyclic) bond motifs is 1. The molecule has 24 heavy (non-hydrogen) atoms. The first-order chi connectivity index (χ1) is 11.6. The highest BCUT2D eigenvalue weighted by Crippen LogP contribution is 2.33. The zero-order valence-electron chi connectivity index (χ0n) is 14.0. The van der Waals surface area contributed by atoms with Crippen molar-refractivity contribution in [3.63, 3.8) is 0 Å². The third-order valence-corrected chi connectivity index (χ3v) is 5.30. The molecule has 0 fully saturated rings. The summed E-state index contributed by atoms with van der Waals surface area (Å²) >= 11 is 7.11. The van der Waals surface area contributed by atoms with E-state index in [-0.39, 0.29) is 0 Å². The Kier molecular flexibility index (Phi) is 5.20. The van der Waals surface area contributed by atoms with Gasteiger partial charge < -0.3 is 20.1 Å². The van der Waals surface area contributed by atoms with E-state index < -0.39 is 0 Å². The van der Waals surface area contributed by atoms with Crippen LogP contribution in [0.2, 0.25) is 0 Å². The summed E-state index contributed by atoms with van der Waals surface area (Å²) in [4.78, 5) is 6.04. The Hall–Kier alpha value is -1.86. The molecule has 0 radical (unpaired) electrons. The molecule has 1 aromatic carbocycles. The van der Waals surface area contributed by atoms with Gasteiger partial charge in [-0.15, -0.1) is 11.3 Å². The molecule has 2 aromatic rings.